The average molecular weight is 355 g/mol. The molecule has 6 nitrogen and oxygen atoms in total. The molecule has 1 unspecified atom stereocenters. The number of aromatic nitrogens is 1. The molecule has 7 heteroatoms. The van der Waals surface area contributed by atoms with E-state index in [1.54, 1.807) is 6.07 Å². The zero-order valence-electron chi connectivity index (χ0n) is 14.0. The Labute approximate surface area is 149 Å². The summed E-state index contributed by atoms with van der Waals surface area (Å²) in [6, 6.07) is 8.21. The molecule has 1 aromatic heterocycles. The zero-order chi connectivity index (χ0) is 18.5. The van der Waals surface area contributed by atoms with E-state index in [0.29, 0.717) is 17.7 Å². The average Bonchev–Trinajstić information content (AvgIpc) is 2.67. The number of aromatic carboxylic acids is 1. The van der Waals surface area contributed by atoms with Gasteiger partial charge in [-0.15, -0.1) is 0 Å². The molecule has 2 N–H and O–H groups in total. The summed E-state index contributed by atoms with van der Waals surface area (Å²) in [5.74, 6) is -1.97. The van der Waals surface area contributed by atoms with Crippen LogP contribution >= 0.6 is 0 Å². The maximum atomic E-state index is 12.9. The second-order valence-electron chi connectivity index (χ2n) is 6.12. The van der Waals surface area contributed by atoms with Gasteiger partial charge in [-0.25, -0.2) is 14.6 Å². The summed E-state index contributed by atoms with van der Waals surface area (Å²) in [7, 11) is 0. The lowest BCUT2D eigenvalue weighted by atomic mass is 9.84. The molecule has 1 aliphatic carbocycles. The third-order valence-corrected chi connectivity index (χ3v) is 4.37. The SMILES string of the molecule is O=C(O)c1ccnc(C2CCCC/C2=N\NC(=O)c2ccc(F)cc2)c1. The van der Waals surface area contributed by atoms with Crippen LogP contribution in [0.4, 0.5) is 4.39 Å². The molecule has 2 aromatic rings. The minimum atomic E-state index is -1.01. The first-order valence-corrected chi connectivity index (χ1v) is 8.36. The van der Waals surface area contributed by atoms with Crippen molar-refractivity contribution in [2.45, 2.75) is 31.6 Å². The predicted octanol–water partition coefficient (Wildman–Crippen LogP) is 3.36. The van der Waals surface area contributed by atoms with Crippen molar-refractivity contribution < 1.29 is 19.1 Å². The number of carbonyl (C=O) groups is 2. The van der Waals surface area contributed by atoms with Crippen molar-refractivity contribution in [2.75, 3.05) is 0 Å². The minimum Gasteiger partial charge on any atom is -0.478 e. The number of rotatable bonds is 4. The molecule has 1 saturated carbocycles. The van der Waals surface area contributed by atoms with Gasteiger partial charge in [-0.05, 0) is 55.7 Å². The van der Waals surface area contributed by atoms with E-state index in [4.69, 9.17) is 5.11 Å². The largest absolute Gasteiger partial charge is 0.478 e. The fourth-order valence-electron chi connectivity index (χ4n) is 3.01. The number of halogens is 1. The van der Waals surface area contributed by atoms with E-state index in [1.165, 1.54) is 36.5 Å². The Balaban J connectivity index is 1.79. The molecule has 1 amide bonds. The highest BCUT2D eigenvalue weighted by atomic mass is 19.1. The van der Waals surface area contributed by atoms with Crippen LogP contribution in [0.25, 0.3) is 0 Å². The number of carboxylic acid groups (broad SMARTS) is 1. The van der Waals surface area contributed by atoms with E-state index in [2.05, 4.69) is 15.5 Å². The molecule has 0 saturated heterocycles. The highest BCUT2D eigenvalue weighted by molar-refractivity contribution is 5.97. The summed E-state index contributed by atoms with van der Waals surface area (Å²) in [6.45, 7) is 0. The predicted molar refractivity (Wildman–Crippen MR) is 93.7 cm³/mol. The van der Waals surface area contributed by atoms with Crippen LogP contribution in [-0.2, 0) is 0 Å². The quantitative estimate of drug-likeness (QED) is 0.823. The second kappa shape index (κ2) is 7.86. The van der Waals surface area contributed by atoms with E-state index in [0.717, 1.165) is 25.0 Å². The molecule has 1 atom stereocenters. The van der Waals surface area contributed by atoms with E-state index in [9.17, 15) is 14.0 Å². The molecule has 3 rings (SSSR count). The Bertz CT molecular complexity index is 849. The summed E-state index contributed by atoms with van der Waals surface area (Å²) >= 11 is 0. The number of nitrogens with one attached hydrogen (secondary N) is 1. The zero-order valence-corrected chi connectivity index (χ0v) is 14.0. The molecule has 1 aliphatic rings. The maximum Gasteiger partial charge on any atom is 0.335 e. The molecule has 0 bridgehead atoms. The third kappa shape index (κ3) is 4.11. The summed E-state index contributed by atoms with van der Waals surface area (Å²) < 4.78 is 12.9. The van der Waals surface area contributed by atoms with E-state index in [1.807, 2.05) is 0 Å². The van der Waals surface area contributed by atoms with Crippen molar-refractivity contribution >= 4 is 17.6 Å². The van der Waals surface area contributed by atoms with Crippen LogP contribution in [0.3, 0.4) is 0 Å². The van der Waals surface area contributed by atoms with Crippen molar-refractivity contribution in [3.63, 3.8) is 0 Å². The van der Waals surface area contributed by atoms with Gasteiger partial charge in [-0.3, -0.25) is 9.78 Å². The van der Waals surface area contributed by atoms with Crippen LogP contribution in [0.1, 0.15) is 58.0 Å². The number of hydrazone groups is 1. The fraction of sp³-hybridized carbons (Fsp3) is 0.263. The highest BCUT2D eigenvalue weighted by Gasteiger charge is 2.24. The molecule has 26 heavy (non-hydrogen) atoms. The van der Waals surface area contributed by atoms with Gasteiger partial charge in [0.05, 0.1) is 5.56 Å². The molecule has 1 fully saturated rings. The summed E-state index contributed by atoms with van der Waals surface area (Å²) in [6.07, 6.45) is 4.89. The van der Waals surface area contributed by atoms with Gasteiger partial charge < -0.3 is 5.11 Å². The Morgan fingerprint density at radius 3 is 2.65 bits per heavy atom. The number of nitrogens with zero attached hydrogens (tertiary/aromatic N) is 2. The van der Waals surface area contributed by atoms with Gasteiger partial charge >= 0.3 is 5.97 Å². The monoisotopic (exact) mass is 355 g/mol. The van der Waals surface area contributed by atoms with E-state index in [-0.39, 0.29) is 11.5 Å². The Hall–Kier alpha value is -3.09. The minimum absolute atomic E-state index is 0.128. The van der Waals surface area contributed by atoms with E-state index >= 15 is 0 Å². The molecular formula is C19H18FN3O3. The Morgan fingerprint density at radius 1 is 1.15 bits per heavy atom. The summed E-state index contributed by atoms with van der Waals surface area (Å²) in [5.41, 5.74) is 4.40. The first kappa shape index (κ1) is 17.7. The number of carbonyl (C=O) groups excluding carboxylic acids is 1. The number of hydrogen-bond acceptors (Lipinski definition) is 4. The smallest absolute Gasteiger partial charge is 0.335 e. The van der Waals surface area contributed by atoms with Gasteiger partial charge in [-0.1, -0.05) is 6.42 Å². The molecule has 0 radical (unpaired) electrons. The van der Waals surface area contributed by atoms with Crippen LogP contribution < -0.4 is 5.43 Å². The second-order valence-corrected chi connectivity index (χ2v) is 6.12. The number of benzene rings is 1. The van der Waals surface area contributed by atoms with Crippen molar-refractivity contribution in [2.24, 2.45) is 5.10 Å². The molecular weight excluding hydrogens is 337 g/mol. The van der Waals surface area contributed by atoms with Gasteiger partial charge in [0.2, 0.25) is 0 Å². The fourth-order valence-corrected chi connectivity index (χ4v) is 3.01. The van der Waals surface area contributed by atoms with Gasteiger partial charge in [0.25, 0.3) is 5.91 Å². The van der Waals surface area contributed by atoms with Gasteiger partial charge in [-0.2, -0.15) is 5.10 Å². The number of carboxylic acids is 1. The first-order chi connectivity index (χ1) is 12.5. The molecule has 1 aromatic carbocycles. The lowest BCUT2D eigenvalue weighted by Crippen LogP contribution is -2.25. The summed E-state index contributed by atoms with van der Waals surface area (Å²) in [5, 5.41) is 13.4. The van der Waals surface area contributed by atoms with Gasteiger partial charge in [0.1, 0.15) is 5.82 Å². The first-order valence-electron chi connectivity index (χ1n) is 8.36. The van der Waals surface area contributed by atoms with Crippen molar-refractivity contribution in [3.05, 3.63) is 65.2 Å². The van der Waals surface area contributed by atoms with Crippen molar-refractivity contribution in [1.82, 2.24) is 10.4 Å². The highest BCUT2D eigenvalue weighted by Crippen LogP contribution is 2.30. The number of pyridine rings is 1. The standard InChI is InChI=1S/C19H18FN3O3/c20-14-7-5-12(6-8-14)18(24)23-22-16-4-2-1-3-15(16)17-11-13(19(25)26)9-10-21-17/h5-11,15H,1-4H2,(H,23,24)(H,25,26)/b22-16+. The van der Waals surface area contributed by atoms with Crippen LogP contribution in [0.2, 0.25) is 0 Å². The van der Waals surface area contributed by atoms with Crippen LogP contribution in [0, 0.1) is 5.82 Å². The van der Waals surface area contributed by atoms with E-state index < -0.39 is 17.7 Å². The van der Waals surface area contributed by atoms with Crippen molar-refractivity contribution in [3.8, 4) is 0 Å². The summed E-state index contributed by atoms with van der Waals surface area (Å²) in [4.78, 5) is 27.6. The molecule has 0 aliphatic heterocycles. The molecule has 0 spiro atoms. The molecule has 134 valence electrons. The van der Waals surface area contributed by atoms with Gasteiger partial charge in [0, 0.05) is 29.1 Å². The Kier molecular flexibility index (Phi) is 5.36. The van der Waals surface area contributed by atoms with Gasteiger partial charge in [0.15, 0.2) is 0 Å². The normalized spacial score (nSPS) is 18.5. The van der Waals surface area contributed by atoms with Crippen LogP contribution in [0.15, 0.2) is 47.7 Å². The maximum absolute atomic E-state index is 12.9. The van der Waals surface area contributed by atoms with Crippen LogP contribution in [-0.4, -0.2) is 27.7 Å². The molecule has 1 heterocycles. The third-order valence-electron chi connectivity index (χ3n) is 4.37. The lowest BCUT2D eigenvalue weighted by molar-refractivity contribution is 0.0696. The van der Waals surface area contributed by atoms with Crippen LogP contribution in [0.5, 0.6) is 0 Å². The van der Waals surface area contributed by atoms with Crippen molar-refractivity contribution in [1.29, 1.82) is 0 Å². The lowest BCUT2D eigenvalue weighted by Gasteiger charge is -2.23. The number of amides is 1. The topological polar surface area (TPSA) is 91.7 Å². The number of hydrogen-bond donors (Lipinski definition) is 2. The Morgan fingerprint density at radius 2 is 1.92 bits per heavy atom.